The van der Waals surface area contributed by atoms with Crippen LogP contribution >= 0.6 is 11.8 Å². The average Bonchev–Trinajstić information content (AvgIpc) is 2.60. The number of nitrogens with zero attached hydrogens (tertiary/aromatic N) is 2. The van der Waals surface area contributed by atoms with Crippen molar-refractivity contribution >= 4 is 17.7 Å². The second-order valence-corrected chi connectivity index (χ2v) is 5.74. The van der Waals surface area contributed by atoms with Gasteiger partial charge in [0.05, 0.1) is 12.3 Å². The molecule has 0 aliphatic carbocycles. The van der Waals surface area contributed by atoms with Crippen molar-refractivity contribution < 1.29 is 14.3 Å². The van der Waals surface area contributed by atoms with E-state index in [-0.39, 0.29) is 17.9 Å². The van der Waals surface area contributed by atoms with Crippen LogP contribution in [-0.4, -0.2) is 28.8 Å². The minimum absolute atomic E-state index is 0.0268. The molecule has 0 aliphatic rings. The van der Waals surface area contributed by atoms with Crippen LogP contribution in [0.4, 0.5) is 0 Å². The first-order valence-corrected chi connectivity index (χ1v) is 8.70. The maximum atomic E-state index is 12.1. The SMILES string of the molecule is CCOc1ccc(-c2nc(SC)[nH]c(=O)c2C#N)cc1COC(C)=O. The minimum atomic E-state index is -0.493. The summed E-state index contributed by atoms with van der Waals surface area (Å²) in [7, 11) is 0. The Hall–Kier alpha value is -2.79. The number of nitrogens with one attached hydrogen (secondary N) is 1. The number of ether oxygens (including phenoxy) is 2. The fourth-order valence-electron chi connectivity index (χ4n) is 2.18. The summed E-state index contributed by atoms with van der Waals surface area (Å²) >= 11 is 1.27. The monoisotopic (exact) mass is 359 g/mol. The highest BCUT2D eigenvalue weighted by Gasteiger charge is 2.15. The molecule has 0 unspecified atom stereocenters. The van der Waals surface area contributed by atoms with Crippen LogP contribution in [0.3, 0.4) is 0 Å². The number of hydrogen-bond acceptors (Lipinski definition) is 7. The number of H-pyrrole nitrogens is 1. The van der Waals surface area contributed by atoms with Gasteiger partial charge in [0, 0.05) is 18.1 Å². The maximum absolute atomic E-state index is 12.1. The van der Waals surface area contributed by atoms with Crippen molar-refractivity contribution in [3.63, 3.8) is 0 Å². The van der Waals surface area contributed by atoms with Crippen molar-refractivity contribution in [2.24, 2.45) is 0 Å². The van der Waals surface area contributed by atoms with E-state index < -0.39 is 11.5 Å². The molecule has 0 radical (unpaired) electrons. The lowest BCUT2D eigenvalue weighted by molar-refractivity contribution is -0.142. The zero-order chi connectivity index (χ0) is 18.4. The molecule has 0 bridgehead atoms. The molecule has 1 aromatic heterocycles. The zero-order valence-corrected chi connectivity index (χ0v) is 14.9. The van der Waals surface area contributed by atoms with Crippen LogP contribution in [0.25, 0.3) is 11.3 Å². The van der Waals surface area contributed by atoms with Gasteiger partial charge in [0.25, 0.3) is 5.56 Å². The lowest BCUT2D eigenvalue weighted by Crippen LogP contribution is -2.14. The third kappa shape index (κ3) is 4.39. The molecule has 0 spiro atoms. The van der Waals surface area contributed by atoms with E-state index in [1.54, 1.807) is 24.5 Å². The molecule has 2 rings (SSSR count). The fourth-order valence-corrected chi connectivity index (χ4v) is 2.55. The Bertz CT molecular complexity index is 886. The first-order chi connectivity index (χ1) is 12.0. The van der Waals surface area contributed by atoms with Gasteiger partial charge in [-0.05, 0) is 31.4 Å². The lowest BCUT2D eigenvalue weighted by atomic mass is 10.0. The quantitative estimate of drug-likeness (QED) is 0.480. The summed E-state index contributed by atoms with van der Waals surface area (Å²) in [5.41, 5.74) is 0.921. The van der Waals surface area contributed by atoms with Crippen molar-refractivity contribution in [3.8, 4) is 23.1 Å². The van der Waals surface area contributed by atoms with Crippen LogP contribution in [-0.2, 0) is 16.1 Å². The summed E-state index contributed by atoms with van der Waals surface area (Å²) in [5, 5.41) is 9.71. The molecule has 8 heteroatoms. The molecule has 0 aliphatic heterocycles. The average molecular weight is 359 g/mol. The van der Waals surface area contributed by atoms with Crippen LogP contribution in [0.5, 0.6) is 5.75 Å². The number of aromatic nitrogens is 2. The van der Waals surface area contributed by atoms with Crippen molar-refractivity contribution in [1.29, 1.82) is 5.26 Å². The molecule has 0 saturated carbocycles. The molecule has 2 aromatic rings. The van der Waals surface area contributed by atoms with Crippen molar-refractivity contribution in [1.82, 2.24) is 9.97 Å². The highest BCUT2D eigenvalue weighted by Crippen LogP contribution is 2.28. The first-order valence-electron chi connectivity index (χ1n) is 7.48. The molecular formula is C17H17N3O4S. The third-order valence-electron chi connectivity index (χ3n) is 3.27. The van der Waals surface area contributed by atoms with Crippen LogP contribution in [0.1, 0.15) is 25.0 Å². The standard InChI is InChI=1S/C17H17N3O4S/c1-4-23-14-6-5-11(7-12(14)9-24-10(2)21)15-13(8-18)16(22)20-17(19-15)25-3/h5-7H,4,9H2,1-3H3,(H,19,20,22). The van der Waals surface area contributed by atoms with Crippen LogP contribution in [0.2, 0.25) is 0 Å². The summed E-state index contributed by atoms with van der Waals surface area (Å²) < 4.78 is 10.6. The molecule has 0 fully saturated rings. The minimum Gasteiger partial charge on any atom is -0.493 e. The van der Waals surface area contributed by atoms with E-state index in [0.29, 0.717) is 28.6 Å². The molecule has 130 valence electrons. The number of benzene rings is 1. The molecule has 0 saturated heterocycles. The molecule has 7 nitrogen and oxygen atoms in total. The Balaban J connectivity index is 2.58. The lowest BCUT2D eigenvalue weighted by Gasteiger charge is -2.13. The number of esters is 1. The van der Waals surface area contributed by atoms with Crippen LogP contribution < -0.4 is 10.3 Å². The number of carbonyl (C=O) groups is 1. The fraction of sp³-hybridized carbons (Fsp3) is 0.294. The molecule has 25 heavy (non-hydrogen) atoms. The predicted molar refractivity (Wildman–Crippen MR) is 93.4 cm³/mol. The van der Waals surface area contributed by atoms with Crippen molar-refractivity contribution in [2.45, 2.75) is 25.6 Å². The molecular weight excluding hydrogens is 342 g/mol. The Morgan fingerprint density at radius 3 is 2.80 bits per heavy atom. The van der Waals surface area contributed by atoms with Gasteiger partial charge in [-0.1, -0.05) is 11.8 Å². The number of thioether (sulfide) groups is 1. The van der Waals surface area contributed by atoms with Crippen LogP contribution in [0, 0.1) is 11.3 Å². The maximum Gasteiger partial charge on any atom is 0.302 e. The van der Waals surface area contributed by atoms with Gasteiger partial charge in [-0.15, -0.1) is 0 Å². The second-order valence-electron chi connectivity index (χ2n) is 4.95. The zero-order valence-electron chi connectivity index (χ0n) is 14.1. The van der Waals surface area contributed by atoms with E-state index in [1.165, 1.54) is 18.7 Å². The number of rotatable bonds is 6. The van der Waals surface area contributed by atoms with E-state index in [0.717, 1.165) is 0 Å². The van der Waals surface area contributed by atoms with Gasteiger partial charge in [0.2, 0.25) is 0 Å². The molecule has 1 N–H and O–H groups in total. The summed E-state index contributed by atoms with van der Waals surface area (Å²) in [4.78, 5) is 30.1. The van der Waals surface area contributed by atoms with Crippen molar-refractivity contribution in [3.05, 3.63) is 39.7 Å². The van der Waals surface area contributed by atoms with Crippen molar-refractivity contribution in [2.75, 3.05) is 12.9 Å². The highest BCUT2D eigenvalue weighted by atomic mass is 32.2. The van der Waals surface area contributed by atoms with Gasteiger partial charge in [0.1, 0.15) is 24.0 Å². The number of aromatic amines is 1. The summed E-state index contributed by atoms with van der Waals surface area (Å²) in [5.74, 6) is 0.158. The number of carbonyl (C=O) groups excluding carboxylic acids is 1. The number of hydrogen-bond donors (Lipinski definition) is 1. The van der Waals surface area contributed by atoms with E-state index in [4.69, 9.17) is 9.47 Å². The third-order valence-corrected chi connectivity index (χ3v) is 3.85. The Morgan fingerprint density at radius 2 is 2.20 bits per heavy atom. The van der Waals surface area contributed by atoms with E-state index in [1.807, 2.05) is 13.0 Å². The van der Waals surface area contributed by atoms with Gasteiger partial charge >= 0.3 is 5.97 Å². The van der Waals surface area contributed by atoms with E-state index in [9.17, 15) is 14.9 Å². The summed E-state index contributed by atoms with van der Waals surface area (Å²) in [6.07, 6.45) is 1.78. The normalized spacial score (nSPS) is 10.2. The molecule has 0 atom stereocenters. The van der Waals surface area contributed by atoms with E-state index >= 15 is 0 Å². The van der Waals surface area contributed by atoms with Gasteiger partial charge in [0.15, 0.2) is 5.16 Å². The summed E-state index contributed by atoms with van der Waals surface area (Å²) in [6, 6.07) is 7.03. The largest absolute Gasteiger partial charge is 0.493 e. The highest BCUT2D eigenvalue weighted by molar-refractivity contribution is 7.98. The Labute approximate surface area is 149 Å². The van der Waals surface area contributed by atoms with Gasteiger partial charge < -0.3 is 14.5 Å². The molecule has 0 amide bonds. The van der Waals surface area contributed by atoms with E-state index in [2.05, 4.69) is 9.97 Å². The second kappa shape index (κ2) is 8.35. The predicted octanol–water partition coefficient (Wildman–Crippen LogP) is 2.49. The Kier molecular flexibility index (Phi) is 6.19. The topological polar surface area (TPSA) is 105 Å². The summed E-state index contributed by atoms with van der Waals surface area (Å²) in [6.45, 7) is 3.65. The van der Waals surface area contributed by atoms with Crippen LogP contribution in [0.15, 0.2) is 28.2 Å². The van der Waals surface area contributed by atoms with Gasteiger partial charge in [-0.3, -0.25) is 9.59 Å². The van der Waals surface area contributed by atoms with Gasteiger partial charge in [-0.2, -0.15) is 5.26 Å². The molecule has 1 heterocycles. The van der Waals surface area contributed by atoms with Gasteiger partial charge in [-0.25, -0.2) is 4.98 Å². The first kappa shape index (κ1) is 18.5. The smallest absolute Gasteiger partial charge is 0.302 e. The number of nitriles is 1. The molecule has 1 aromatic carbocycles. The Morgan fingerprint density at radius 1 is 1.44 bits per heavy atom.